The lowest BCUT2D eigenvalue weighted by Crippen LogP contribution is -2.43. The first-order valence-corrected chi connectivity index (χ1v) is 7.46. The number of rotatable bonds is 2. The van der Waals surface area contributed by atoms with Gasteiger partial charge in [0.05, 0.1) is 0 Å². The standard InChI is InChI=1S/C15H12BrF3N2O/c16-12-4-3-9-7-11(2-1-10(9)8-12)14(15(17,18)19)21-6-5-13(22)20-21/h1-4,7-8,14H,5-6H2,(H,20,22)/t14-/m0/s1. The first-order valence-electron chi connectivity index (χ1n) is 6.67. The van der Waals surface area contributed by atoms with Gasteiger partial charge in [-0.05, 0) is 34.5 Å². The third-order valence-electron chi connectivity index (χ3n) is 3.61. The van der Waals surface area contributed by atoms with E-state index >= 15 is 0 Å². The van der Waals surface area contributed by atoms with Crippen LogP contribution < -0.4 is 5.43 Å². The lowest BCUT2D eigenvalue weighted by molar-refractivity contribution is -0.191. The first kappa shape index (κ1) is 15.3. The Bertz CT molecular complexity index is 732. The van der Waals surface area contributed by atoms with Crippen LogP contribution in [-0.2, 0) is 4.79 Å². The number of alkyl halides is 3. The molecule has 1 fully saturated rings. The van der Waals surface area contributed by atoms with E-state index in [2.05, 4.69) is 21.4 Å². The van der Waals surface area contributed by atoms with Gasteiger partial charge in [0.15, 0.2) is 0 Å². The van der Waals surface area contributed by atoms with Gasteiger partial charge in [-0.1, -0.05) is 34.1 Å². The Balaban J connectivity index is 2.04. The number of nitrogens with one attached hydrogen (secondary N) is 1. The maximum Gasteiger partial charge on any atom is 0.409 e. The maximum absolute atomic E-state index is 13.4. The molecule has 0 radical (unpaired) electrons. The molecule has 2 aromatic carbocycles. The second-order valence-corrected chi connectivity index (χ2v) is 6.09. The summed E-state index contributed by atoms with van der Waals surface area (Å²) < 4.78 is 41.2. The Labute approximate surface area is 133 Å². The highest BCUT2D eigenvalue weighted by molar-refractivity contribution is 9.10. The molecule has 1 aliphatic rings. The highest BCUT2D eigenvalue weighted by atomic mass is 79.9. The number of amides is 1. The first-order chi connectivity index (χ1) is 10.3. The Morgan fingerprint density at radius 3 is 2.45 bits per heavy atom. The molecule has 1 aliphatic heterocycles. The molecule has 2 aromatic rings. The van der Waals surface area contributed by atoms with Gasteiger partial charge in [-0.15, -0.1) is 0 Å². The summed E-state index contributed by atoms with van der Waals surface area (Å²) in [5, 5.41) is 2.53. The summed E-state index contributed by atoms with van der Waals surface area (Å²) in [6, 6.07) is 8.19. The van der Waals surface area contributed by atoms with Crippen LogP contribution in [0.4, 0.5) is 13.2 Å². The minimum absolute atomic E-state index is 0.0430. The van der Waals surface area contributed by atoms with Gasteiger partial charge in [0, 0.05) is 17.4 Å². The van der Waals surface area contributed by atoms with Gasteiger partial charge >= 0.3 is 6.18 Å². The van der Waals surface area contributed by atoms with Crippen LogP contribution in [-0.4, -0.2) is 23.6 Å². The summed E-state index contributed by atoms with van der Waals surface area (Å²) >= 11 is 3.34. The lowest BCUT2D eigenvalue weighted by Gasteiger charge is -2.29. The molecule has 1 saturated heterocycles. The van der Waals surface area contributed by atoms with Crippen LogP contribution in [0.2, 0.25) is 0 Å². The van der Waals surface area contributed by atoms with Gasteiger partial charge in [0.1, 0.15) is 6.04 Å². The van der Waals surface area contributed by atoms with Gasteiger partial charge < -0.3 is 0 Å². The van der Waals surface area contributed by atoms with Crippen molar-refractivity contribution in [1.82, 2.24) is 10.4 Å². The number of benzene rings is 2. The van der Waals surface area contributed by atoms with Crippen LogP contribution in [0.1, 0.15) is 18.0 Å². The molecule has 7 heteroatoms. The highest BCUT2D eigenvalue weighted by Crippen LogP contribution is 2.39. The summed E-state index contributed by atoms with van der Waals surface area (Å²) in [5.41, 5.74) is 2.40. The topological polar surface area (TPSA) is 32.3 Å². The molecule has 1 atom stereocenters. The number of hydrazine groups is 1. The Kier molecular flexibility index (Phi) is 3.86. The maximum atomic E-state index is 13.4. The third kappa shape index (κ3) is 2.96. The van der Waals surface area contributed by atoms with Crippen molar-refractivity contribution in [3.63, 3.8) is 0 Å². The van der Waals surface area contributed by atoms with Gasteiger partial charge in [-0.2, -0.15) is 13.2 Å². The van der Waals surface area contributed by atoms with Crippen LogP contribution in [0.5, 0.6) is 0 Å². The number of carbonyl (C=O) groups is 1. The molecule has 0 aromatic heterocycles. The molecule has 1 amide bonds. The van der Waals surface area contributed by atoms with E-state index in [0.717, 1.165) is 20.3 Å². The zero-order chi connectivity index (χ0) is 15.9. The number of hydrogen-bond acceptors (Lipinski definition) is 2. The van der Waals surface area contributed by atoms with E-state index in [-0.39, 0.29) is 24.4 Å². The van der Waals surface area contributed by atoms with Crippen LogP contribution in [0.15, 0.2) is 40.9 Å². The highest BCUT2D eigenvalue weighted by Gasteiger charge is 2.46. The summed E-state index contributed by atoms with van der Waals surface area (Å²) in [4.78, 5) is 11.2. The minimum atomic E-state index is -4.47. The molecule has 0 saturated carbocycles. The number of nitrogens with zero attached hydrogens (tertiary/aromatic N) is 1. The monoisotopic (exact) mass is 372 g/mol. The predicted octanol–water partition coefficient (Wildman–Crippen LogP) is 3.94. The van der Waals surface area contributed by atoms with E-state index in [4.69, 9.17) is 0 Å². The second kappa shape index (κ2) is 5.55. The Morgan fingerprint density at radius 2 is 1.82 bits per heavy atom. The largest absolute Gasteiger partial charge is 0.409 e. The number of carbonyl (C=O) groups excluding carboxylic acids is 1. The van der Waals surface area contributed by atoms with Crippen molar-refractivity contribution >= 4 is 32.6 Å². The Morgan fingerprint density at radius 1 is 1.14 bits per heavy atom. The van der Waals surface area contributed by atoms with E-state index in [1.807, 2.05) is 6.07 Å². The van der Waals surface area contributed by atoms with E-state index in [0.29, 0.717) is 0 Å². The number of fused-ring (bicyclic) bond motifs is 1. The van der Waals surface area contributed by atoms with E-state index in [1.165, 1.54) is 12.1 Å². The van der Waals surface area contributed by atoms with Crippen LogP contribution >= 0.6 is 15.9 Å². The average Bonchev–Trinajstić information content (AvgIpc) is 2.83. The summed E-state index contributed by atoms with van der Waals surface area (Å²) in [5.74, 6) is -0.390. The lowest BCUT2D eigenvalue weighted by atomic mass is 10.0. The van der Waals surface area contributed by atoms with Crippen LogP contribution in [0.3, 0.4) is 0 Å². The molecule has 3 nitrogen and oxygen atoms in total. The van der Waals surface area contributed by atoms with Crippen molar-refractivity contribution in [2.45, 2.75) is 18.6 Å². The predicted molar refractivity (Wildman–Crippen MR) is 79.9 cm³/mol. The van der Waals surface area contributed by atoms with Crippen LogP contribution in [0, 0.1) is 0 Å². The molecule has 0 aliphatic carbocycles. The van der Waals surface area contributed by atoms with Gasteiger partial charge in [-0.25, -0.2) is 5.01 Å². The number of halogens is 4. The fraction of sp³-hybridized carbons (Fsp3) is 0.267. The zero-order valence-electron chi connectivity index (χ0n) is 11.3. The summed E-state index contributed by atoms with van der Waals surface area (Å²) in [7, 11) is 0. The van der Waals surface area contributed by atoms with Crippen LogP contribution in [0.25, 0.3) is 10.8 Å². The molecule has 0 bridgehead atoms. The van der Waals surface area contributed by atoms with Gasteiger partial charge in [0.2, 0.25) is 5.91 Å². The quantitative estimate of drug-likeness (QED) is 0.865. The molecule has 3 rings (SSSR count). The fourth-order valence-electron chi connectivity index (χ4n) is 2.64. The summed E-state index contributed by atoms with van der Waals surface area (Å²) in [6.07, 6.45) is -4.40. The number of hydrogen-bond donors (Lipinski definition) is 1. The zero-order valence-corrected chi connectivity index (χ0v) is 12.9. The minimum Gasteiger partial charge on any atom is -0.288 e. The molecule has 0 unspecified atom stereocenters. The van der Waals surface area contributed by atoms with Gasteiger partial charge in [0.25, 0.3) is 0 Å². The normalized spacial score (nSPS) is 17.7. The second-order valence-electron chi connectivity index (χ2n) is 5.17. The van der Waals surface area contributed by atoms with E-state index in [1.54, 1.807) is 18.2 Å². The van der Waals surface area contributed by atoms with Gasteiger partial charge in [-0.3, -0.25) is 10.2 Å². The summed E-state index contributed by atoms with van der Waals surface area (Å²) in [6.45, 7) is 0.0430. The fourth-order valence-corrected chi connectivity index (χ4v) is 3.02. The van der Waals surface area contributed by atoms with E-state index in [9.17, 15) is 18.0 Å². The SMILES string of the molecule is O=C1CCN([C@@H](c2ccc3cc(Br)ccc3c2)C(F)(F)F)N1. The molecule has 1 N–H and O–H groups in total. The van der Waals surface area contributed by atoms with Crippen molar-refractivity contribution in [3.8, 4) is 0 Å². The van der Waals surface area contributed by atoms with Crippen molar-refractivity contribution in [3.05, 3.63) is 46.4 Å². The van der Waals surface area contributed by atoms with E-state index < -0.39 is 12.2 Å². The molecular weight excluding hydrogens is 361 g/mol. The average molecular weight is 373 g/mol. The van der Waals surface area contributed by atoms with Crippen molar-refractivity contribution in [2.75, 3.05) is 6.54 Å². The Hall–Kier alpha value is -1.60. The van der Waals surface area contributed by atoms with Crippen molar-refractivity contribution in [2.24, 2.45) is 0 Å². The van der Waals surface area contributed by atoms with Crippen molar-refractivity contribution < 1.29 is 18.0 Å². The van der Waals surface area contributed by atoms with Crippen molar-refractivity contribution in [1.29, 1.82) is 0 Å². The molecule has 0 spiro atoms. The molecule has 22 heavy (non-hydrogen) atoms. The third-order valence-corrected chi connectivity index (χ3v) is 4.11. The molecular formula is C15H12BrF3N2O. The molecule has 1 heterocycles. The smallest absolute Gasteiger partial charge is 0.288 e. The molecule has 116 valence electrons.